The molecule has 0 aliphatic heterocycles. The molecule has 1 rings (SSSR count). The van der Waals surface area contributed by atoms with Crippen LogP contribution in [0.2, 0.25) is 0 Å². The second-order valence-electron chi connectivity index (χ2n) is 8.10. The summed E-state index contributed by atoms with van der Waals surface area (Å²) < 4.78 is 16.1. The zero-order valence-corrected chi connectivity index (χ0v) is 19.2. The molecule has 182 valence electrons. The van der Waals surface area contributed by atoms with Crippen LogP contribution in [0.4, 0.5) is 0 Å². The summed E-state index contributed by atoms with van der Waals surface area (Å²) in [6.45, 7) is 7.19. The minimum atomic E-state index is -0.709. The highest BCUT2D eigenvalue weighted by Crippen LogP contribution is 2.25. The van der Waals surface area contributed by atoms with Crippen molar-refractivity contribution in [2.75, 3.05) is 46.2 Å². The Hall–Kier alpha value is -2.17. The van der Waals surface area contributed by atoms with Gasteiger partial charge in [0.25, 0.3) is 0 Å². The molecule has 1 aliphatic carbocycles. The molecule has 0 aromatic heterocycles. The van der Waals surface area contributed by atoms with Crippen LogP contribution in [0, 0.1) is 17.8 Å². The van der Waals surface area contributed by atoms with E-state index in [1.807, 2.05) is 0 Å². The molecule has 32 heavy (non-hydrogen) atoms. The molecule has 1 saturated carbocycles. The van der Waals surface area contributed by atoms with Gasteiger partial charge in [0, 0.05) is 25.4 Å². The largest absolute Gasteiger partial charge is 0.379 e. The van der Waals surface area contributed by atoms with E-state index in [0.29, 0.717) is 52.2 Å². The van der Waals surface area contributed by atoms with Gasteiger partial charge in [0.2, 0.25) is 11.8 Å². The van der Waals surface area contributed by atoms with Gasteiger partial charge in [-0.3, -0.25) is 19.2 Å². The lowest BCUT2D eigenvalue weighted by Crippen LogP contribution is -2.50. The number of aldehydes is 1. The smallest absolute Gasteiger partial charge is 0.243 e. The fourth-order valence-electron chi connectivity index (χ4n) is 3.29. The van der Waals surface area contributed by atoms with Crippen LogP contribution < -0.4 is 10.6 Å². The standard InChI is InChI=1S/C22H36N2O8/c1-15(2)20(22(29)23-6-7-25)24-19(27)5-9-31-11-13-32-12-10-30-8-4-17-18(26)14-16(3)21(17)28/h7,15-17,20H,4-6,8-14H2,1-3H3,(H,23,29)(H,24,27). The van der Waals surface area contributed by atoms with Crippen molar-refractivity contribution in [1.29, 1.82) is 0 Å². The predicted octanol–water partition coefficient (Wildman–Crippen LogP) is 0.0665. The van der Waals surface area contributed by atoms with Crippen LogP contribution in [0.3, 0.4) is 0 Å². The number of amides is 2. The van der Waals surface area contributed by atoms with Gasteiger partial charge in [0.15, 0.2) is 0 Å². The van der Waals surface area contributed by atoms with Crippen molar-refractivity contribution in [3.05, 3.63) is 0 Å². The molecule has 3 unspecified atom stereocenters. The van der Waals surface area contributed by atoms with Gasteiger partial charge in [-0.2, -0.15) is 0 Å². The highest BCUT2D eigenvalue weighted by Gasteiger charge is 2.37. The van der Waals surface area contributed by atoms with Gasteiger partial charge in [0.1, 0.15) is 23.9 Å². The lowest BCUT2D eigenvalue weighted by Gasteiger charge is -2.21. The van der Waals surface area contributed by atoms with Crippen LogP contribution in [-0.2, 0) is 38.2 Å². The molecule has 2 amide bonds. The molecule has 2 N–H and O–H groups in total. The summed E-state index contributed by atoms with van der Waals surface area (Å²) in [5.74, 6) is -1.49. The Labute approximate surface area is 189 Å². The fourth-order valence-corrected chi connectivity index (χ4v) is 3.29. The average molecular weight is 457 g/mol. The Kier molecular flexibility index (Phi) is 13.6. The van der Waals surface area contributed by atoms with Gasteiger partial charge >= 0.3 is 0 Å². The van der Waals surface area contributed by atoms with Gasteiger partial charge in [-0.1, -0.05) is 20.8 Å². The summed E-state index contributed by atoms with van der Waals surface area (Å²) in [4.78, 5) is 57.9. The number of ether oxygens (including phenoxy) is 3. The van der Waals surface area contributed by atoms with Crippen molar-refractivity contribution >= 4 is 29.7 Å². The molecule has 3 atom stereocenters. The summed E-state index contributed by atoms with van der Waals surface area (Å²) in [5, 5.41) is 5.08. The molecule has 10 nitrogen and oxygen atoms in total. The van der Waals surface area contributed by atoms with Crippen molar-refractivity contribution in [1.82, 2.24) is 10.6 Å². The lowest BCUT2D eigenvalue weighted by molar-refractivity contribution is -0.131. The Morgan fingerprint density at radius 1 is 1.03 bits per heavy atom. The van der Waals surface area contributed by atoms with Crippen molar-refractivity contribution < 1.29 is 38.2 Å². The summed E-state index contributed by atoms with van der Waals surface area (Å²) >= 11 is 0. The third-order valence-corrected chi connectivity index (χ3v) is 5.12. The molecule has 0 bridgehead atoms. The minimum Gasteiger partial charge on any atom is -0.379 e. The van der Waals surface area contributed by atoms with Crippen LogP contribution in [-0.4, -0.2) is 81.9 Å². The molecular weight excluding hydrogens is 420 g/mol. The Morgan fingerprint density at radius 3 is 2.16 bits per heavy atom. The quantitative estimate of drug-likeness (QED) is 0.178. The Bertz CT molecular complexity index is 637. The van der Waals surface area contributed by atoms with E-state index in [4.69, 9.17) is 14.2 Å². The lowest BCUT2D eigenvalue weighted by atomic mass is 10.0. The van der Waals surface area contributed by atoms with Crippen LogP contribution in [0.15, 0.2) is 0 Å². The average Bonchev–Trinajstić information content (AvgIpc) is 2.99. The molecule has 0 saturated heterocycles. The van der Waals surface area contributed by atoms with Crippen LogP contribution in [0.1, 0.15) is 40.0 Å². The number of hydrogen-bond donors (Lipinski definition) is 2. The maximum absolute atomic E-state index is 12.0. The normalized spacial score (nSPS) is 19.2. The molecule has 0 heterocycles. The van der Waals surface area contributed by atoms with Crippen molar-refractivity contribution in [2.24, 2.45) is 17.8 Å². The predicted molar refractivity (Wildman–Crippen MR) is 115 cm³/mol. The van der Waals surface area contributed by atoms with E-state index in [1.165, 1.54) is 0 Å². The van der Waals surface area contributed by atoms with E-state index in [0.717, 1.165) is 0 Å². The number of Topliss-reactive ketones (excluding diaryl/α,β-unsaturated/α-hetero) is 2. The number of ketones is 2. The molecule has 1 aliphatic rings. The van der Waals surface area contributed by atoms with E-state index in [2.05, 4.69) is 10.6 Å². The van der Waals surface area contributed by atoms with Crippen LogP contribution in [0.25, 0.3) is 0 Å². The highest BCUT2D eigenvalue weighted by molar-refractivity contribution is 6.09. The molecule has 0 radical (unpaired) electrons. The second-order valence-corrected chi connectivity index (χ2v) is 8.10. The summed E-state index contributed by atoms with van der Waals surface area (Å²) in [7, 11) is 0. The number of carbonyl (C=O) groups excluding carboxylic acids is 5. The first-order valence-corrected chi connectivity index (χ1v) is 11.1. The number of hydrogen-bond acceptors (Lipinski definition) is 8. The van der Waals surface area contributed by atoms with E-state index in [-0.39, 0.29) is 48.9 Å². The van der Waals surface area contributed by atoms with Crippen LogP contribution >= 0.6 is 0 Å². The first-order chi connectivity index (χ1) is 15.3. The van der Waals surface area contributed by atoms with E-state index >= 15 is 0 Å². The van der Waals surface area contributed by atoms with Crippen molar-refractivity contribution in [2.45, 2.75) is 46.1 Å². The zero-order chi connectivity index (χ0) is 23.9. The number of rotatable bonds is 17. The van der Waals surface area contributed by atoms with Gasteiger partial charge in [-0.15, -0.1) is 0 Å². The maximum Gasteiger partial charge on any atom is 0.243 e. The topological polar surface area (TPSA) is 137 Å². The highest BCUT2D eigenvalue weighted by atomic mass is 16.5. The van der Waals surface area contributed by atoms with Gasteiger partial charge in [-0.05, 0) is 12.3 Å². The third kappa shape index (κ3) is 10.4. The van der Waals surface area contributed by atoms with Crippen molar-refractivity contribution in [3.63, 3.8) is 0 Å². The fraction of sp³-hybridized carbons (Fsp3) is 0.773. The number of nitrogens with one attached hydrogen (secondary N) is 2. The maximum atomic E-state index is 12.0. The van der Waals surface area contributed by atoms with Crippen molar-refractivity contribution in [3.8, 4) is 0 Å². The molecular formula is C22H36N2O8. The van der Waals surface area contributed by atoms with Gasteiger partial charge in [-0.25, -0.2) is 0 Å². The van der Waals surface area contributed by atoms with Crippen LogP contribution in [0.5, 0.6) is 0 Å². The molecule has 1 fully saturated rings. The Balaban J connectivity index is 2.01. The van der Waals surface area contributed by atoms with E-state index in [9.17, 15) is 24.0 Å². The zero-order valence-electron chi connectivity index (χ0n) is 19.2. The summed E-state index contributed by atoms with van der Waals surface area (Å²) in [5.41, 5.74) is 0. The SMILES string of the molecule is CC1CC(=O)C(CCOCCOCCOCCC(=O)NC(C(=O)NCC=O)C(C)C)C1=O. The third-order valence-electron chi connectivity index (χ3n) is 5.12. The number of carbonyl (C=O) groups is 5. The molecule has 10 heteroatoms. The van der Waals surface area contributed by atoms with Gasteiger partial charge < -0.3 is 29.6 Å². The summed E-state index contributed by atoms with van der Waals surface area (Å²) in [6.07, 6.45) is 1.44. The van der Waals surface area contributed by atoms with E-state index < -0.39 is 17.9 Å². The second kappa shape index (κ2) is 15.6. The molecule has 0 spiro atoms. The first kappa shape index (κ1) is 27.9. The Morgan fingerprint density at radius 2 is 1.62 bits per heavy atom. The van der Waals surface area contributed by atoms with E-state index in [1.54, 1.807) is 20.8 Å². The monoisotopic (exact) mass is 456 g/mol. The van der Waals surface area contributed by atoms with Gasteiger partial charge in [0.05, 0.1) is 45.5 Å². The molecule has 0 aromatic carbocycles. The molecule has 0 aromatic rings. The minimum absolute atomic E-state index is 0.00840. The first-order valence-electron chi connectivity index (χ1n) is 11.1. The summed E-state index contributed by atoms with van der Waals surface area (Å²) in [6, 6.07) is -0.709.